The highest BCUT2D eigenvalue weighted by atomic mass is 16.6. The normalized spacial score (nSPS) is 16.4. The average molecular weight is 867 g/mol. The SMILES string of the molecule is Cc1cc(-c2ccc3c(n2)N(C(=O)Nc2cccnc2)[C@H]2CCCN3C2)ccn1.Cc1cc(-c2ccc3c(n2)N[C@H]2CCCN3C2)ccn1.O=C(Nc1cccnc1)Oc1ccccc1. The van der Waals surface area contributed by atoms with Gasteiger partial charge in [-0.3, -0.25) is 30.2 Å². The Morgan fingerprint density at radius 1 is 0.662 bits per heavy atom. The molecule has 6 aromatic heterocycles. The number of piperidine rings is 2. The van der Waals surface area contributed by atoms with Crippen LogP contribution in [0.1, 0.15) is 37.1 Å². The fourth-order valence-electron chi connectivity index (χ4n) is 8.53. The smallest absolute Gasteiger partial charge is 0.410 e. The van der Waals surface area contributed by atoms with Gasteiger partial charge >= 0.3 is 12.1 Å². The van der Waals surface area contributed by atoms with Crippen molar-refractivity contribution in [3.8, 4) is 28.3 Å². The van der Waals surface area contributed by atoms with Crippen molar-refractivity contribution >= 4 is 46.5 Å². The molecule has 0 aliphatic carbocycles. The van der Waals surface area contributed by atoms with Gasteiger partial charge in [-0.15, -0.1) is 0 Å². The van der Waals surface area contributed by atoms with Crippen LogP contribution < -0.4 is 35.4 Å². The third kappa shape index (κ3) is 10.3. The standard InChI is InChI=1S/C22H22N6O.C16H18N4.C12H10N2O2/c1-15-12-16(8-10-24-15)19-6-7-20-21(26-19)28(18-5-3-11-27(20)14-18)22(29)25-17-4-2-9-23-13-17;1-11-9-12(6-7-17-11)14-4-5-15-16(19-14)18-13-3-2-8-20(15)10-13;15-12(14-10-5-4-8-13-9-10)16-11-6-2-1-3-7-11/h2,4,6-10,12-13,18H,3,5,11,14H2,1H3,(H,25,29);4-7,9,13H,2-3,8,10H2,1H3,(H,18,19);1-9H,(H,14,15)/t18-;13-;/m00./s1. The van der Waals surface area contributed by atoms with Crippen molar-refractivity contribution in [3.63, 3.8) is 0 Å². The first-order chi connectivity index (χ1) is 31.8. The van der Waals surface area contributed by atoms with Crippen LogP contribution in [0, 0.1) is 13.8 Å². The first-order valence-corrected chi connectivity index (χ1v) is 21.9. The second-order valence-electron chi connectivity index (χ2n) is 16.3. The highest BCUT2D eigenvalue weighted by Gasteiger charge is 2.38. The first kappa shape index (κ1) is 42.4. The summed E-state index contributed by atoms with van der Waals surface area (Å²) < 4.78 is 5.04. The Hall–Kier alpha value is -7.94. The third-order valence-electron chi connectivity index (χ3n) is 11.5. The summed E-state index contributed by atoms with van der Waals surface area (Å²) in [6.45, 7) is 8.07. The minimum absolute atomic E-state index is 0.106. The van der Waals surface area contributed by atoms with E-state index in [0.717, 1.165) is 84.4 Å². The van der Waals surface area contributed by atoms with E-state index in [1.165, 1.54) is 18.5 Å². The molecule has 4 bridgehead atoms. The van der Waals surface area contributed by atoms with Gasteiger partial charge in [0, 0.05) is 79.5 Å². The second-order valence-corrected chi connectivity index (χ2v) is 16.3. The van der Waals surface area contributed by atoms with Crippen molar-refractivity contribution in [2.45, 2.75) is 51.6 Å². The van der Waals surface area contributed by atoms with Gasteiger partial charge in [-0.25, -0.2) is 19.6 Å². The molecule has 3 amide bonds. The number of carbonyl (C=O) groups excluding carboxylic acids is 2. The summed E-state index contributed by atoms with van der Waals surface area (Å²) in [6, 6.07) is 33.0. The molecule has 65 heavy (non-hydrogen) atoms. The maximum Gasteiger partial charge on any atom is 0.417 e. The maximum atomic E-state index is 13.3. The topological polar surface area (TPSA) is 167 Å². The first-order valence-electron chi connectivity index (χ1n) is 21.9. The number of carbonyl (C=O) groups is 2. The van der Waals surface area contributed by atoms with Gasteiger partial charge < -0.3 is 25.2 Å². The maximum absolute atomic E-state index is 13.3. The number of aryl methyl sites for hydroxylation is 2. The molecule has 328 valence electrons. The number of urea groups is 1. The van der Waals surface area contributed by atoms with Crippen molar-refractivity contribution in [2.24, 2.45) is 0 Å². The van der Waals surface area contributed by atoms with Crippen LogP contribution in [0.5, 0.6) is 5.75 Å². The van der Waals surface area contributed by atoms with Crippen LogP contribution in [0.3, 0.4) is 0 Å². The molecule has 0 saturated carbocycles. The molecule has 1 aromatic carbocycles. The van der Waals surface area contributed by atoms with E-state index in [1.807, 2.05) is 67.4 Å². The molecule has 15 nitrogen and oxygen atoms in total. The predicted octanol–water partition coefficient (Wildman–Crippen LogP) is 9.41. The Kier molecular flexibility index (Phi) is 12.8. The average Bonchev–Trinajstić information content (AvgIpc) is 3.33. The van der Waals surface area contributed by atoms with Crippen molar-refractivity contribution < 1.29 is 14.3 Å². The van der Waals surface area contributed by atoms with E-state index in [1.54, 1.807) is 67.4 Å². The number of ether oxygens (including phenoxy) is 1. The summed E-state index contributed by atoms with van der Waals surface area (Å²) in [5.74, 6) is 2.26. The Labute approximate surface area is 378 Å². The number of anilines is 6. The number of aromatic nitrogens is 6. The molecule has 15 heteroatoms. The molecule has 2 fully saturated rings. The van der Waals surface area contributed by atoms with Crippen LogP contribution in [0.15, 0.2) is 140 Å². The van der Waals surface area contributed by atoms with Gasteiger partial charge in [-0.2, -0.15) is 0 Å². The Balaban J connectivity index is 0.000000130. The van der Waals surface area contributed by atoms with Gasteiger partial charge in [0.25, 0.3) is 0 Å². The minimum atomic E-state index is -0.529. The van der Waals surface area contributed by atoms with Crippen molar-refractivity contribution in [1.29, 1.82) is 0 Å². The lowest BCUT2D eigenvalue weighted by Gasteiger charge is -2.45. The molecular formula is C50H50N12O3. The number of nitrogens with zero attached hydrogens (tertiary/aromatic N) is 9. The number of nitrogens with one attached hydrogen (secondary N) is 3. The molecule has 0 radical (unpaired) electrons. The molecule has 2 saturated heterocycles. The van der Waals surface area contributed by atoms with Gasteiger partial charge in [0.15, 0.2) is 11.6 Å². The zero-order valence-electron chi connectivity index (χ0n) is 36.3. The molecule has 2 atom stereocenters. The number of rotatable bonds is 5. The van der Waals surface area contributed by atoms with Crippen LogP contribution in [0.2, 0.25) is 0 Å². The number of amides is 3. The molecule has 11 rings (SSSR count). The van der Waals surface area contributed by atoms with E-state index in [4.69, 9.17) is 14.7 Å². The number of hydrogen-bond acceptors (Lipinski definition) is 12. The molecule has 7 aromatic rings. The number of benzene rings is 1. The molecule has 0 spiro atoms. The van der Waals surface area contributed by atoms with Gasteiger partial charge in [0.05, 0.1) is 52.6 Å². The number of para-hydroxylation sites is 1. The molecule has 10 heterocycles. The number of hydrogen-bond donors (Lipinski definition) is 3. The summed E-state index contributed by atoms with van der Waals surface area (Å²) in [7, 11) is 0. The van der Waals surface area contributed by atoms with Gasteiger partial charge in [0.2, 0.25) is 0 Å². The highest BCUT2D eigenvalue weighted by molar-refractivity contribution is 6.04. The molecular weight excluding hydrogens is 817 g/mol. The fraction of sp³-hybridized carbons (Fsp3) is 0.240. The molecule has 3 N–H and O–H groups in total. The van der Waals surface area contributed by atoms with E-state index < -0.39 is 6.09 Å². The second kappa shape index (κ2) is 19.6. The van der Waals surface area contributed by atoms with Crippen molar-refractivity contribution in [1.82, 2.24) is 29.9 Å². The Morgan fingerprint density at radius 2 is 1.29 bits per heavy atom. The zero-order valence-corrected chi connectivity index (χ0v) is 36.3. The van der Waals surface area contributed by atoms with E-state index in [2.05, 4.69) is 70.0 Å². The zero-order chi connectivity index (χ0) is 44.5. The van der Waals surface area contributed by atoms with Crippen LogP contribution in [0.4, 0.5) is 44.0 Å². The summed E-state index contributed by atoms with van der Waals surface area (Å²) in [6.07, 6.45) is 14.2. The van der Waals surface area contributed by atoms with Crippen LogP contribution >= 0.6 is 0 Å². The van der Waals surface area contributed by atoms with Gasteiger partial charge in [0.1, 0.15) is 5.75 Å². The van der Waals surface area contributed by atoms with E-state index in [-0.39, 0.29) is 12.1 Å². The summed E-state index contributed by atoms with van der Waals surface area (Å²) >= 11 is 0. The summed E-state index contributed by atoms with van der Waals surface area (Å²) in [5, 5.41) is 9.13. The molecule has 0 unspecified atom stereocenters. The summed E-state index contributed by atoms with van der Waals surface area (Å²) in [4.78, 5) is 57.5. The third-order valence-corrected chi connectivity index (χ3v) is 11.5. The van der Waals surface area contributed by atoms with Crippen molar-refractivity contribution in [2.75, 3.05) is 56.8 Å². The lowest BCUT2D eigenvalue weighted by molar-refractivity contribution is 0.215. The van der Waals surface area contributed by atoms with Crippen LogP contribution in [-0.4, -0.2) is 80.3 Å². The molecule has 4 aliphatic heterocycles. The monoisotopic (exact) mass is 866 g/mol. The number of fused-ring (bicyclic) bond motifs is 8. The van der Waals surface area contributed by atoms with Crippen LogP contribution in [0.25, 0.3) is 22.5 Å². The Bertz CT molecular complexity index is 2700. The Morgan fingerprint density at radius 3 is 1.95 bits per heavy atom. The highest BCUT2D eigenvalue weighted by Crippen LogP contribution is 2.40. The summed E-state index contributed by atoms with van der Waals surface area (Å²) in [5.41, 5.74) is 9.49. The van der Waals surface area contributed by atoms with E-state index in [9.17, 15) is 9.59 Å². The fourth-order valence-corrected chi connectivity index (χ4v) is 8.53. The predicted molar refractivity (Wildman–Crippen MR) is 255 cm³/mol. The van der Waals surface area contributed by atoms with Crippen molar-refractivity contribution in [3.05, 3.63) is 152 Å². The van der Waals surface area contributed by atoms with Crippen LogP contribution in [-0.2, 0) is 0 Å². The molecule has 4 aliphatic rings. The quantitative estimate of drug-likeness (QED) is 0.150. The van der Waals surface area contributed by atoms with Gasteiger partial charge in [-0.1, -0.05) is 18.2 Å². The van der Waals surface area contributed by atoms with Gasteiger partial charge in [-0.05, 0) is 124 Å². The lowest BCUT2D eigenvalue weighted by Crippen LogP contribution is -2.56. The number of pyridine rings is 6. The largest absolute Gasteiger partial charge is 0.417 e. The van der Waals surface area contributed by atoms with E-state index >= 15 is 0 Å². The minimum Gasteiger partial charge on any atom is -0.410 e. The van der Waals surface area contributed by atoms with E-state index in [0.29, 0.717) is 29.0 Å². The lowest BCUT2D eigenvalue weighted by atomic mass is 9.99.